The van der Waals surface area contributed by atoms with Gasteiger partial charge in [-0.15, -0.1) is 0 Å². The first-order valence-corrected chi connectivity index (χ1v) is 10.7. The van der Waals surface area contributed by atoms with Gasteiger partial charge in [0.05, 0.1) is 12.8 Å². The van der Waals surface area contributed by atoms with E-state index in [4.69, 9.17) is 21.1 Å². The number of hydrazone groups is 1. The average molecular weight is 466 g/mol. The monoisotopic (exact) mass is 465 g/mol. The SMILES string of the molecule is CCOc1cc(C=NNC(=O)C(=O)Nc2cc(Cl)ccc2C)ccc1OCc1ccccc1. The molecule has 3 aromatic carbocycles. The van der Waals surface area contributed by atoms with Gasteiger partial charge in [0.25, 0.3) is 0 Å². The summed E-state index contributed by atoms with van der Waals surface area (Å²) in [4.78, 5) is 24.2. The lowest BCUT2D eigenvalue weighted by atomic mass is 10.2. The van der Waals surface area contributed by atoms with Crippen LogP contribution >= 0.6 is 11.6 Å². The minimum absolute atomic E-state index is 0.408. The van der Waals surface area contributed by atoms with Crippen LogP contribution < -0.4 is 20.2 Å². The van der Waals surface area contributed by atoms with Crippen molar-refractivity contribution in [2.75, 3.05) is 11.9 Å². The average Bonchev–Trinajstić information content (AvgIpc) is 2.81. The molecular formula is C25H24ClN3O4. The predicted molar refractivity (Wildman–Crippen MR) is 129 cm³/mol. The van der Waals surface area contributed by atoms with Gasteiger partial charge >= 0.3 is 11.8 Å². The van der Waals surface area contributed by atoms with Crippen molar-refractivity contribution in [2.24, 2.45) is 5.10 Å². The summed E-state index contributed by atoms with van der Waals surface area (Å²) in [6, 6.07) is 20.1. The maximum Gasteiger partial charge on any atom is 0.329 e. The van der Waals surface area contributed by atoms with Crippen LogP contribution in [0.5, 0.6) is 11.5 Å². The normalized spacial score (nSPS) is 10.6. The number of benzene rings is 3. The maximum absolute atomic E-state index is 12.1. The van der Waals surface area contributed by atoms with Gasteiger partial charge in [0, 0.05) is 10.7 Å². The van der Waals surface area contributed by atoms with Crippen molar-refractivity contribution >= 4 is 35.3 Å². The molecule has 0 radical (unpaired) electrons. The van der Waals surface area contributed by atoms with E-state index in [9.17, 15) is 9.59 Å². The van der Waals surface area contributed by atoms with E-state index in [1.165, 1.54) is 6.21 Å². The van der Waals surface area contributed by atoms with Crippen LogP contribution in [0.15, 0.2) is 71.8 Å². The molecule has 0 saturated heterocycles. The van der Waals surface area contributed by atoms with Crippen LogP contribution in [-0.4, -0.2) is 24.6 Å². The fourth-order valence-corrected chi connectivity index (χ4v) is 3.02. The Hall–Kier alpha value is -3.84. The summed E-state index contributed by atoms with van der Waals surface area (Å²) in [6.45, 7) is 4.54. The zero-order chi connectivity index (χ0) is 23.6. The standard InChI is InChI=1S/C25H24ClN3O4/c1-3-32-23-13-19(10-12-22(23)33-16-18-7-5-4-6-8-18)15-27-29-25(31)24(30)28-21-14-20(26)11-9-17(21)2/h4-15H,3,16H2,1-2H3,(H,28,30)(H,29,31). The predicted octanol–water partition coefficient (Wildman–Crippen LogP) is 4.71. The summed E-state index contributed by atoms with van der Waals surface area (Å²) in [7, 11) is 0. The van der Waals surface area contributed by atoms with Gasteiger partial charge in [-0.1, -0.05) is 48.0 Å². The molecule has 2 amide bonds. The summed E-state index contributed by atoms with van der Waals surface area (Å²) in [5, 5.41) is 6.83. The van der Waals surface area contributed by atoms with Crippen molar-refractivity contribution in [3.63, 3.8) is 0 Å². The van der Waals surface area contributed by atoms with Crippen LogP contribution in [0.1, 0.15) is 23.6 Å². The van der Waals surface area contributed by atoms with Gasteiger partial charge in [0.15, 0.2) is 11.5 Å². The molecule has 7 nitrogen and oxygen atoms in total. The van der Waals surface area contributed by atoms with Crippen molar-refractivity contribution in [3.05, 3.63) is 88.4 Å². The van der Waals surface area contributed by atoms with E-state index >= 15 is 0 Å². The highest BCUT2D eigenvalue weighted by molar-refractivity contribution is 6.40. The number of anilines is 1. The zero-order valence-electron chi connectivity index (χ0n) is 18.3. The zero-order valence-corrected chi connectivity index (χ0v) is 19.1. The van der Waals surface area contributed by atoms with Gasteiger partial charge in [-0.3, -0.25) is 9.59 Å². The molecule has 0 atom stereocenters. The van der Waals surface area contributed by atoms with Crippen LogP contribution in [0, 0.1) is 6.92 Å². The van der Waals surface area contributed by atoms with Crippen molar-refractivity contribution in [1.29, 1.82) is 0 Å². The van der Waals surface area contributed by atoms with Gasteiger partial charge in [0.2, 0.25) is 0 Å². The summed E-state index contributed by atoms with van der Waals surface area (Å²) < 4.78 is 11.5. The molecule has 33 heavy (non-hydrogen) atoms. The Morgan fingerprint density at radius 3 is 2.52 bits per heavy atom. The number of halogens is 1. The number of nitrogens with one attached hydrogen (secondary N) is 2. The summed E-state index contributed by atoms with van der Waals surface area (Å²) >= 11 is 5.93. The van der Waals surface area contributed by atoms with Crippen LogP contribution in [0.2, 0.25) is 5.02 Å². The van der Waals surface area contributed by atoms with E-state index in [2.05, 4.69) is 15.8 Å². The third-order valence-corrected chi connectivity index (χ3v) is 4.77. The molecule has 0 bridgehead atoms. The van der Waals surface area contributed by atoms with Gasteiger partial charge < -0.3 is 14.8 Å². The molecule has 8 heteroatoms. The Labute approximate surface area is 197 Å². The minimum atomic E-state index is -0.904. The Morgan fingerprint density at radius 1 is 0.970 bits per heavy atom. The Kier molecular flexibility index (Phi) is 8.43. The second kappa shape index (κ2) is 11.7. The topological polar surface area (TPSA) is 89.0 Å². The Balaban J connectivity index is 1.60. The van der Waals surface area contributed by atoms with Crippen LogP contribution in [0.4, 0.5) is 5.69 Å². The fraction of sp³-hybridized carbons (Fsp3) is 0.160. The number of rotatable bonds is 8. The number of amides is 2. The first-order chi connectivity index (χ1) is 16.0. The van der Waals surface area contributed by atoms with Crippen molar-refractivity contribution in [2.45, 2.75) is 20.5 Å². The van der Waals surface area contributed by atoms with Gasteiger partial charge in [-0.05, 0) is 60.9 Å². The minimum Gasteiger partial charge on any atom is -0.490 e. The molecule has 3 aromatic rings. The number of carbonyl (C=O) groups is 2. The summed E-state index contributed by atoms with van der Waals surface area (Å²) in [6.07, 6.45) is 1.42. The van der Waals surface area contributed by atoms with Gasteiger partial charge in [-0.25, -0.2) is 5.43 Å². The Bertz CT molecular complexity index is 1150. The third kappa shape index (κ3) is 7.08. The maximum atomic E-state index is 12.1. The molecule has 2 N–H and O–H groups in total. The van der Waals surface area contributed by atoms with Gasteiger partial charge in [-0.2, -0.15) is 5.10 Å². The molecular weight excluding hydrogens is 442 g/mol. The highest BCUT2D eigenvalue weighted by Crippen LogP contribution is 2.29. The van der Waals surface area contributed by atoms with Crippen molar-refractivity contribution in [3.8, 4) is 11.5 Å². The molecule has 0 spiro atoms. The first kappa shape index (κ1) is 23.8. The third-order valence-electron chi connectivity index (χ3n) is 4.54. The quantitative estimate of drug-likeness (QED) is 0.286. The first-order valence-electron chi connectivity index (χ1n) is 10.3. The molecule has 0 aliphatic heterocycles. The highest BCUT2D eigenvalue weighted by atomic mass is 35.5. The number of carbonyl (C=O) groups excluding carboxylic acids is 2. The van der Waals surface area contributed by atoms with Gasteiger partial charge in [0.1, 0.15) is 6.61 Å². The fourth-order valence-electron chi connectivity index (χ4n) is 2.85. The van der Waals surface area contributed by atoms with Crippen molar-refractivity contribution < 1.29 is 19.1 Å². The molecule has 3 rings (SSSR count). The lowest BCUT2D eigenvalue weighted by Crippen LogP contribution is -2.32. The lowest BCUT2D eigenvalue weighted by molar-refractivity contribution is -0.136. The summed E-state index contributed by atoms with van der Waals surface area (Å²) in [5.74, 6) is -0.605. The molecule has 0 heterocycles. The van der Waals surface area contributed by atoms with E-state index in [1.54, 1.807) is 43.3 Å². The highest BCUT2D eigenvalue weighted by Gasteiger charge is 2.14. The second-order valence-corrected chi connectivity index (χ2v) is 7.46. The number of hydrogen-bond acceptors (Lipinski definition) is 5. The molecule has 0 fully saturated rings. The number of hydrogen-bond donors (Lipinski definition) is 2. The smallest absolute Gasteiger partial charge is 0.329 e. The Morgan fingerprint density at radius 2 is 1.76 bits per heavy atom. The van der Waals surface area contributed by atoms with E-state index < -0.39 is 11.8 Å². The van der Waals surface area contributed by atoms with Crippen molar-refractivity contribution in [1.82, 2.24) is 5.43 Å². The molecule has 170 valence electrons. The lowest BCUT2D eigenvalue weighted by Gasteiger charge is -2.12. The second-order valence-electron chi connectivity index (χ2n) is 7.03. The van der Waals surface area contributed by atoms with E-state index in [0.717, 1.165) is 11.1 Å². The molecule has 0 saturated carbocycles. The van der Waals surface area contributed by atoms with E-state index in [-0.39, 0.29) is 0 Å². The molecule has 0 unspecified atom stereocenters. The van der Waals surface area contributed by atoms with E-state index in [1.807, 2.05) is 37.3 Å². The molecule has 0 aromatic heterocycles. The molecule has 0 aliphatic rings. The molecule has 0 aliphatic carbocycles. The number of nitrogens with zero attached hydrogens (tertiary/aromatic N) is 1. The van der Waals surface area contributed by atoms with Crippen LogP contribution in [0.25, 0.3) is 0 Å². The number of ether oxygens (including phenoxy) is 2. The van der Waals surface area contributed by atoms with Crippen LogP contribution in [0.3, 0.4) is 0 Å². The summed E-state index contributed by atoms with van der Waals surface area (Å²) in [5.41, 5.74) is 5.15. The van der Waals surface area contributed by atoms with E-state index in [0.29, 0.717) is 41.0 Å². The largest absolute Gasteiger partial charge is 0.490 e. The van der Waals surface area contributed by atoms with Crippen LogP contribution in [-0.2, 0) is 16.2 Å². The number of aryl methyl sites for hydroxylation is 1.